The van der Waals surface area contributed by atoms with E-state index in [9.17, 15) is 9.90 Å². The van der Waals surface area contributed by atoms with Crippen molar-refractivity contribution in [3.05, 3.63) is 18.2 Å². The minimum atomic E-state index is -0.388. The van der Waals surface area contributed by atoms with E-state index in [1.165, 1.54) is 32.1 Å². The van der Waals surface area contributed by atoms with Gasteiger partial charge in [0.25, 0.3) is 0 Å². The second-order valence-corrected chi connectivity index (χ2v) is 6.61. The van der Waals surface area contributed by atoms with Crippen LogP contribution in [0.25, 0.3) is 0 Å². The molecular formula is C16H25N3O2. The number of aliphatic hydroxyl groups is 1. The van der Waals surface area contributed by atoms with Crippen LogP contribution < -0.4 is 0 Å². The quantitative estimate of drug-likeness (QED) is 0.755. The summed E-state index contributed by atoms with van der Waals surface area (Å²) in [6.07, 6.45) is 12.2. The Hall–Kier alpha value is -1.36. The molecule has 3 atom stereocenters. The van der Waals surface area contributed by atoms with E-state index in [2.05, 4.69) is 9.97 Å². The van der Waals surface area contributed by atoms with E-state index in [-0.39, 0.29) is 12.1 Å². The molecule has 1 unspecified atom stereocenters. The molecule has 1 amide bonds. The van der Waals surface area contributed by atoms with E-state index in [0.717, 1.165) is 24.9 Å². The van der Waals surface area contributed by atoms with Gasteiger partial charge in [0.05, 0.1) is 12.4 Å². The second kappa shape index (κ2) is 6.60. The van der Waals surface area contributed by atoms with Gasteiger partial charge >= 0.3 is 0 Å². The molecule has 0 bridgehead atoms. The van der Waals surface area contributed by atoms with Crippen molar-refractivity contribution in [1.29, 1.82) is 0 Å². The summed E-state index contributed by atoms with van der Waals surface area (Å²) in [6.45, 7) is 0.468. The fourth-order valence-electron chi connectivity index (χ4n) is 3.73. The number of carbonyl (C=O) groups is 1. The summed E-state index contributed by atoms with van der Waals surface area (Å²) in [7, 11) is 0. The molecule has 2 aliphatic rings. The van der Waals surface area contributed by atoms with Gasteiger partial charge in [-0.15, -0.1) is 0 Å². The lowest BCUT2D eigenvalue weighted by atomic mass is 9.85. The SMILES string of the molecule is O=CN(CC(O)CC1CCCCC1)[C@@H]1C[C@H]1c1cnc[nH]1. The lowest BCUT2D eigenvalue weighted by molar-refractivity contribution is -0.120. The monoisotopic (exact) mass is 291 g/mol. The highest BCUT2D eigenvalue weighted by Gasteiger charge is 2.43. The average molecular weight is 291 g/mol. The third-order valence-corrected chi connectivity index (χ3v) is 4.99. The van der Waals surface area contributed by atoms with E-state index >= 15 is 0 Å². The molecule has 0 saturated heterocycles. The highest BCUT2D eigenvalue weighted by molar-refractivity contribution is 5.50. The van der Waals surface area contributed by atoms with Gasteiger partial charge in [-0.1, -0.05) is 32.1 Å². The van der Waals surface area contributed by atoms with Crippen LogP contribution in [0.2, 0.25) is 0 Å². The molecule has 21 heavy (non-hydrogen) atoms. The number of hydrogen-bond acceptors (Lipinski definition) is 3. The predicted octanol–water partition coefficient (Wildman–Crippen LogP) is 2.06. The molecule has 0 radical (unpaired) electrons. The molecule has 1 heterocycles. The molecule has 0 aromatic carbocycles. The van der Waals surface area contributed by atoms with Crippen LogP contribution in [0, 0.1) is 5.92 Å². The molecule has 5 nitrogen and oxygen atoms in total. The Morgan fingerprint density at radius 1 is 1.43 bits per heavy atom. The maximum absolute atomic E-state index is 11.3. The Kier molecular flexibility index (Phi) is 4.58. The number of rotatable bonds is 7. The van der Waals surface area contributed by atoms with Crippen LogP contribution in [0.3, 0.4) is 0 Å². The minimum absolute atomic E-state index is 0.226. The molecule has 0 aliphatic heterocycles. The highest BCUT2D eigenvalue weighted by Crippen LogP contribution is 2.43. The third kappa shape index (κ3) is 3.64. The van der Waals surface area contributed by atoms with Crippen LogP contribution in [-0.4, -0.2) is 45.1 Å². The van der Waals surface area contributed by atoms with Crippen LogP contribution in [0.1, 0.15) is 56.6 Å². The first kappa shape index (κ1) is 14.6. The van der Waals surface area contributed by atoms with Gasteiger partial charge in [0, 0.05) is 30.4 Å². The van der Waals surface area contributed by atoms with Crippen LogP contribution in [-0.2, 0) is 4.79 Å². The Bertz CT molecular complexity index is 442. The normalized spacial score (nSPS) is 27.3. The molecule has 0 spiro atoms. The summed E-state index contributed by atoms with van der Waals surface area (Å²) in [5, 5.41) is 10.3. The lowest BCUT2D eigenvalue weighted by Gasteiger charge is -2.27. The highest BCUT2D eigenvalue weighted by atomic mass is 16.3. The summed E-state index contributed by atoms with van der Waals surface area (Å²) < 4.78 is 0. The minimum Gasteiger partial charge on any atom is -0.391 e. The molecule has 1 aromatic heterocycles. The van der Waals surface area contributed by atoms with E-state index in [1.807, 2.05) is 6.20 Å². The Morgan fingerprint density at radius 2 is 2.24 bits per heavy atom. The number of nitrogens with zero attached hydrogens (tertiary/aromatic N) is 2. The molecule has 5 heteroatoms. The van der Waals surface area contributed by atoms with Gasteiger partial charge in [0.1, 0.15) is 0 Å². The van der Waals surface area contributed by atoms with Crippen molar-refractivity contribution in [2.75, 3.05) is 6.54 Å². The smallest absolute Gasteiger partial charge is 0.210 e. The molecule has 3 rings (SSSR count). The number of carbonyl (C=O) groups excluding carboxylic acids is 1. The maximum atomic E-state index is 11.3. The number of aromatic nitrogens is 2. The number of amides is 1. The van der Waals surface area contributed by atoms with Gasteiger partial charge in [0.15, 0.2) is 0 Å². The molecule has 2 saturated carbocycles. The predicted molar refractivity (Wildman–Crippen MR) is 79.7 cm³/mol. The van der Waals surface area contributed by atoms with Gasteiger partial charge in [0.2, 0.25) is 6.41 Å². The summed E-state index contributed by atoms with van der Waals surface area (Å²) in [4.78, 5) is 20.2. The Labute approximate surface area is 125 Å². The molecule has 116 valence electrons. The largest absolute Gasteiger partial charge is 0.391 e. The number of hydrogen-bond donors (Lipinski definition) is 2. The van der Waals surface area contributed by atoms with E-state index in [0.29, 0.717) is 18.4 Å². The Morgan fingerprint density at radius 3 is 2.90 bits per heavy atom. The second-order valence-electron chi connectivity index (χ2n) is 6.61. The lowest BCUT2D eigenvalue weighted by Crippen LogP contribution is -2.35. The zero-order valence-electron chi connectivity index (χ0n) is 12.4. The number of aliphatic hydroxyl groups excluding tert-OH is 1. The van der Waals surface area contributed by atoms with Crippen molar-refractivity contribution in [1.82, 2.24) is 14.9 Å². The third-order valence-electron chi connectivity index (χ3n) is 4.99. The van der Waals surface area contributed by atoms with E-state index in [1.54, 1.807) is 11.2 Å². The first-order valence-electron chi connectivity index (χ1n) is 8.15. The number of imidazole rings is 1. The Balaban J connectivity index is 1.47. The fraction of sp³-hybridized carbons (Fsp3) is 0.750. The summed E-state index contributed by atoms with van der Waals surface area (Å²) in [6, 6.07) is 0.226. The summed E-state index contributed by atoms with van der Waals surface area (Å²) in [5.74, 6) is 1.00. The zero-order valence-corrected chi connectivity index (χ0v) is 12.4. The fourth-order valence-corrected chi connectivity index (χ4v) is 3.73. The van der Waals surface area contributed by atoms with Gasteiger partial charge in [-0.05, 0) is 18.8 Å². The molecular weight excluding hydrogens is 266 g/mol. The number of aromatic amines is 1. The van der Waals surface area contributed by atoms with Gasteiger partial charge in [-0.25, -0.2) is 4.98 Å². The van der Waals surface area contributed by atoms with Crippen LogP contribution in [0.4, 0.5) is 0 Å². The van der Waals surface area contributed by atoms with Crippen LogP contribution in [0.15, 0.2) is 12.5 Å². The van der Waals surface area contributed by atoms with Gasteiger partial charge in [-0.3, -0.25) is 4.79 Å². The van der Waals surface area contributed by atoms with Crippen molar-refractivity contribution in [2.24, 2.45) is 5.92 Å². The molecule has 2 aliphatic carbocycles. The summed E-state index contributed by atoms with van der Waals surface area (Å²) in [5.41, 5.74) is 1.09. The summed E-state index contributed by atoms with van der Waals surface area (Å²) >= 11 is 0. The standard InChI is InChI=1S/C16H25N3O2/c20-11-19(16-7-14(16)15-8-17-10-18-15)9-13(21)6-12-4-2-1-3-5-12/h8,10-14,16,21H,1-7,9H2,(H,17,18)/t13?,14-,16+/m0/s1. The van der Waals surface area contributed by atoms with Crippen molar-refractivity contribution in [2.45, 2.75) is 63.0 Å². The maximum Gasteiger partial charge on any atom is 0.210 e. The van der Waals surface area contributed by atoms with Crippen molar-refractivity contribution >= 4 is 6.41 Å². The number of H-pyrrole nitrogens is 1. The van der Waals surface area contributed by atoms with E-state index < -0.39 is 0 Å². The van der Waals surface area contributed by atoms with Crippen LogP contribution in [0.5, 0.6) is 0 Å². The van der Waals surface area contributed by atoms with Gasteiger partial charge < -0.3 is 15.0 Å². The van der Waals surface area contributed by atoms with E-state index in [4.69, 9.17) is 0 Å². The molecule has 1 aromatic rings. The van der Waals surface area contributed by atoms with Crippen LogP contribution >= 0.6 is 0 Å². The molecule has 2 fully saturated rings. The van der Waals surface area contributed by atoms with Crippen molar-refractivity contribution in [3.8, 4) is 0 Å². The van der Waals surface area contributed by atoms with Crippen molar-refractivity contribution < 1.29 is 9.90 Å². The topological polar surface area (TPSA) is 69.2 Å². The first-order chi connectivity index (χ1) is 10.3. The average Bonchev–Trinajstić information content (AvgIpc) is 3.10. The molecule has 2 N–H and O–H groups in total. The van der Waals surface area contributed by atoms with Crippen molar-refractivity contribution in [3.63, 3.8) is 0 Å². The van der Waals surface area contributed by atoms with Gasteiger partial charge in [-0.2, -0.15) is 0 Å². The number of nitrogens with one attached hydrogen (secondary N) is 1. The first-order valence-corrected chi connectivity index (χ1v) is 8.15. The zero-order chi connectivity index (χ0) is 14.7.